The molecule has 1 aliphatic carbocycles. The second-order valence-electron chi connectivity index (χ2n) is 6.96. The molecule has 150 valence electrons. The van der Waals surface area contributed by atoms with Crippen LogP contribution in [0.1, 0.15) is 39.4 Å². The highest BCUT2D eigenvalue weighted by Crippen LogP contribution is 2.28. The summed E-state index contributed by atoms with van der Waals surface area (Å²) in [5.41, 5.74) is 5.73. The molecule has 0 atom stereocenters. The molecule has 9 heteroatoms. The van der Waals surface area contributed by atoms with Crippen molar-refractivity contribution < 1.29 is 14.0 Å². The summed E-state index contributed by atoms with van der Waals surface area (Å²) >= 11 is 1.45. The molecule has 2 heterocycles. The Morgan fingerprint density at radius 3 is 2.83 bits per heavy atom. The lowest BCUT2D eigenvalue weighted by Crippen LogP contribution is -2.44. The van der Waals surface area contributed by atoms with E-state index in [1.165, 1.54) is 46.7 Å². The summed E-state index contributed by atoms with van der Waals surface area (Å²) < 4.78 is 14.5. The summed E-state index contributed by atoms with van der Waals surface area (Å²) in [7, 11) is 0. The average Bonchev–Trinajstić information content (AvgIpc) is 2.99. The van der Waals surface area contributed by atoms with Crippen LogP contribution in [0.5, 0.6) is 0 Å². The third-order valence-electron chi connectivity index (χ3n) is 4.89. The number of benzene rings is 1. The van der Waals surface area contributed by atoms with Crippen molar-refractivity contribution in [1.82, 2.24) is 20.4 Å². The standard InChI is InChI=1S/C20H19FN4O3S/c21-13-6-7-15-14(9-13)20(28)25(11-22-15)10-18(26)23-24-19(27)17-8-12-4-2-1-3-5-16(12)29-17/h6-9,11H,1-5,10H2,(H,23,26)(H,24,27). The van der Waals surface area contributed by atoms with E-state index in [4.69, 9.17) is 0 Å². The van der Waals surface area contributed by atoms with E-state index in [2.05, 4.69) is 15.8 Å². The van der Waals surface area contributed by atoms with Crippen LogP contribution < -0.4 is 16.4 Å². The van der Waals surface area contributed by atoms with Crippen LogP contribution in [0.3, 0.4) is 0 Å². The Bertz CT molecular complexity index is 1130. The number of hydrogen-bond donors (Lipinski definition) is 2. The number of nitrogens with zero attached hydrogens (tertiary/aromatic N) is 2. The molecule has 0 radical (unpaired) electrons. The van der Waals surface area contributed by atoms with E-state index < -0.39 is 17.3 Å². The number of halogens is 1. The molecule has 1 aromatic carbocycles. The fourth-order valence-corrected chi connectivity index (χ4v) is 4.55. The lowest BCUT2D eigenvalue weighted by atomic mass is 10.1. The number of aromatic nitrogens is 2. The zero-order valence-corrected chi connectivity index (χ0v) is 16.4. The van der Waals surface area contributed by atoms with Crippen LogP contribution in [0.15, 0.2) is 35.4 Å². The fourth-order valence-electron chi connectivity index (χ4n) is 3.41. The molecule has 3 aromatic rings. The third kappa shape index (κ3) is 4.19. The third-order valence-corrected chi connectivity index (χ3v) is 6.12. The topological polar surface area (TPSA) is 93.1 Å². The van der Waals surface area contributed by atoms with Gasteiger partial charge in [-0.15, -0.1) is 11.3 Å². The molecule has 0 spiro atoms. The van der Waals surface area contributed by atoms with Gasteiger partial charge in [-0.25, -0.2) is 9.37 Å². The summed E-state index contributed by atoms with van der Waals surface area (Å²) in [5.74, 6) is -1.53. The highest BCUT2D eigenvalue weighted by Gasteiger charge is 2.17. The van der Waals surface area contributed by atoms with Crippen molar-refractivity contribution in [1.29, 1.82) is 0 Å². The second kappa shape index (κ2) is 8.12. The minimum atomic E-state index is -0.587. The number of fused-ring (bicyclic) bond motifs is 2. The number of amides is 2. The number of aryl methyl sites for hydroxylation is 2. The number of thiophene rings is 1. The van der Waals surface area contributed by atoms with E-state index in [9.17, 15) is 18.8 Å². The van der Waals surface area contributed by atoms with Crippen LogP contribution in [-0.4, -0.2) is 21.4 Å². The highest BCUT2D eigenvalue weighted by atomic mass is 32.1. The van der Waals surface area contributed by atoms with Crippen molar-refractivity contribution in [3.05, 3.63) is 62.1 Å². The molecule has 2 aromatic heterocycles. The number of carbonyl (C=O) groups is 2. The van der Waals surface area contributed by atoms with Gasteiger partial charge in [0, 0.05) is 4.88 Å². The summed E-state index contributed by atoms with van der Waals surface area (Å²) in [6.45, 7) is -0.348. The molecule has 0 aliphatic heterocycles. The number of carbonyl (C=O) groups excluding carboxylic acids is 2. The molecule has 29 heavy (non-hydrogen) atoms. The molecular weight excluding hydrogens is 395 g/mol. The van der Waals surface area contributed by atoms with Gasteiger partial charge in [0.05, 0.1) is 22.1 Å². The average molecular weight is 414 g/mol. The fraction of sp³-hybridized carbons (Fsp3) is 0.300. The molecule has 2 N–H and O–H groups in total. The number of rotatable bonds is 3. The van der Waals surface area contributed by atoms with E-state index in [-0.39, 0.29) is 17.8 Å². The highest BCUT2D eigenvalue weighted by molar-refractivity contribution is 7.14. The maximum absolute atomic E-state index is 13.4. The largest absolute Gasteiger partial charge is 0.289 e. The number of nitrogens with one attached hydrogen (secondary N) is 2. The maximum atomic E-state index is 13.4. The molecule has 2 amide bonds. The first kappa shape index (κ1) is 19.3. The molecule has 0 unspecified atom stereocenters. The molecule has 0 saturated heterocycles. The van der Waals surface area contributed by atoms with Gasteiger partial charge in [0.15, 0.2) is 0 Å². The minimum absolute atomic E-state index is 0.0874. The van der Waals surface area contributed by atoms with Crippen LogP contribution in [-0.2, 0) is 24.2 Å². The van der Waals surface area contributed by atoms with Crippen LogP contribution in [0.2, 0.25) is 0 Å². The van der Waals surface area contributed by atoms with Crippen molar-refractivity contribution in [2.75, 3.05) is 0 Å². The maximum Gasteiger partial charge on any atom is 0.279 e. The zero-order chi connectivity index (χ0) is 20.4. The Hall–Kier alpha value is -3.07. The van der Waals surface area contributed by atoms with Crippen molar-refractivity contribution in [2.24, 2.45) is 0 Å². The van der Waals surface area contributed by atoms with Gasteiger partial charge in [-0.2, -0.15) is 0 Å². The van der Waals surface area contributed by atoms with E-state index >= 15 is 0 Å². The Morgan fingerprint density at radius 1 is 1.14 bits per heavy atom. The van der Waals surface area contributed by atoms with Crippen LogP contribution in [0, 0.1) is 5.82 Å². The molecule has 0 bridgehead atoms. The van der Waals surface area contributed by atoms with E-state index in [0.717, 1.165) is 36.3 Å². The van der Waals surface area contributed by atoms with Crippen molar-refractivity contribution in [3.8, 4) is 0 Å². The van der Waals surface area contributed by atoms with Crippen molar-refractivity contribution in [2.45, 2.75) is 38.6 Å². The number of hydrogen-bond acceptors (Lipinski definition) is 5. The van der Waals surface area contributed by atoms with Crippen LogP contribution in [0.25, 0.3) is 10.9 Å². The van der Waals surface area contributed by atoms with E-state index in [1.54, 1.807) is 0 Å². The summed E-state index contributed by atoms with van der Waals surface area (Å²) in [6.07, 6.45) is 6.64. The first-order chi connectivity index (χ1) is 14.0. The zero-order valence-electron chi connectivity index (χ0n) is 15.5. The van der Waals surface area contributed by atoms with Gasteiger partial charge in [-0.3, -0.25) is 29.8 Å². The summed E-state index contributed by atoms with van der Waals surface area (Å²) in [6, 6.07) is 5.59. The normalized spacial score (nSPS) is 13.6. The Morgan fingerprint density at radius 2 is 1.97 bits per heavy atom. The van der Waals surface area contributed by atoms with Crippen molar-refractivity contribution >= 4 is 34.1 Å². The minimum Gasteiger partial charge on any atom is -0.289 e. The summed E-state index contributed by atoms with van der Waals surface area (Å²) in [4.78, 5) is 42.8. The smallest absolute Gasteiger partial charge is 0.279 e. The molecule has 7 nitrogen and oxygen atoms in total. The van der Waals surface area contributed by atoms with Gasteiger partial charge >= 0.3 is 0 Å². The van der Waals surface area contributed by atoms with Gasteiger partial charge in [0.2, 0.25) is 0 Å². The molecule has 1 aliphatic rings. The summed E-state index contributed by atoms with van der Waals surface area (Å²) in [5, 5.41) is 0.0874. The van der Waals surface area contributed by atoms with Crippen LogP contribution >= 0.6 is 11.3 Å². The van der Waals surface area contributed by atoms with Gasteiger partial charge < -0.3 is 0 Å². The Kier molecular flexibility index (Phi) is 5.39. The lowest BCUT2D eigenvalue weighted by Gasteiger charge is -2.08. The Labute approximate surface area is 169 Å². The number of hydrazine groups is 1. The molecule has 0 fully saturated rings. The van der Waals surface area contributed by atoms with E-state index in [1.807, 2.05) is 6.07 Å². The predicted molar refractivity (Wildman–Crippen MR) is 107 cm³/mol. The van der Waals surface area contributed by atoms with Gasteiger partial charge in [0.25, 0.3) is 17.4 Å². The van der Waals surface area contributed by atoms with E-state index in [0.29, 0.717) is 10.4 Å². The van der Waals surface area contributed by atoms with Gasteiger partial charge in [0.1, 0.15) is 12.4 Å². The molecule has 4 rings (SSSR count). The van der Waals surface area contributed by atoms with Crippen LogP contribution in [0.4, 0.5) is 4.39 Å². The SMILES string of the molecule is O=C(Cn1cnc2ccc(F)cc2c1=O)NNC(=O)c1cc2c(s1)CCCCC2. The Balaban J connectivity index is 1.40. The van der Waals surface area contributed by atoms with Crippen molar-refractivity contribution in [3.63, 3.8) is 0 Å². The lowest BCUT2D eigenvalue weighted by molar-refractivity contribution is -0.122. The molecular formula is C20H19FN4O3S. The van der Waals surface area contributed by atoms with Gasteiger partial charge in [-0.1, -0.05) is 6.42 Å². The molecule has 0 saturated carbocycles. The van der Waals surface area contributed by atoms with Gasteiger partial charge in [-0.05, 0) is 55.5 Å². The quantitative estimate of drug-likeness (QED) is 0.508. The predicted octanol–water partition coefficient (Wildman–Crippen LogP) is 2.33. The first-order valence-electron chi connectivity index (χ1n) is 9.37. The second-order valence-corrected chi connectivity index (χ2v) is 8.10. The monoisotopic (exact) mass is 414 g/mol. The first-order valence-corrected chi connectivity index (χ1v) is 10.2.